The van der Waals surface area contributed by atoms with Gasteiger partial charge >= 0.3 is 0 Å². The SMILES string of the molecule is CC(Cc1cccs1)N(C)c1ccc2nnc(-c3ccccc3)n2n1. The number of aromatic nitrogens is 4. The average molecular weight is 349 g/mol. The minimum absolute atomic E-state index is 0.347. The Bertz CT molecular complexity index is 962. The van der Waals surface area contributed by atoms with E-state index < -0.39 is 0 Å². The Morgan fingerprint density at radius 1 is 1.04 bits per heavy atom. The molecule has 0 aliphatic rings. The number of hydrogen-bond donors (Lipinski definition) is 0. The molecule has 6 heteroatoms. The van der Waals surface area contributed by atoms with Crippen LogP contribution in [0.15, 0.2) is 60.0 Å². The lowest BCUT2D eigenvalue weighted by atomic mass is 10.2. The smallest absolute Gasteiger partial charge is 0.185 e. The molecule has 1 aromatic carbocycles. The summed E-state index contributed by atoms with van der Waals surface area (Å²) in [7, 11) is 2.08. The highest BCUT2D eigenvalue weighted by atomic mass is 32.1. The van der Waals surface area contributed by atoms with Crippen LogP contribution in [0.1, 0.15) is 11.8 Å². The second kappa shape index (κ2) is 6.64. The largest absolute Gasteiger partial charge is 0.355 e. The Morgan fingerprint density at radius 2 is 1.88 bits per heavy atom. The number of benzene rings is 1. The predicted octanol–water partition coefficient (Wildman–Crippen LogP) is 3.92. The zero-order valence-electron chi connectivity index (χ0n) is 14.2. The number of fused-ring (bicyclic) bond motifs is 1. The van der Waals surface area contributed by atoms with E-state index in [1.807, 2.05) is 47.0 Å². The van der Waals surface area contributed by atoms with Gasteiger partial charge in [0.15, 0.2) is 11.5 Å². The van der Waals surface area contributed by atoms with Crippen LogP contribution in [0.4, 0.5) is 5.82 Å². The summed E-state index contributed by atoms with van der Waals surface area (Å²) in [6.07, 6.45) is 1.00. The quantitative estimate of drug-likeness (QED) is 0.548. The van der Waals surface area contributed by atoms with E-state index in [2.05, 4.69) is 46.6 Å². The first-order valence-electron chi connectivity index (χ1n) is 8.25. The van der Waals surface area contributed by atoms with E-state index in [0.717, 1.165) is 29.3 Å². The van der Waals surface area contributed by atoms with Crippen LogP contribution in [0.5, 0.6) is 0 Å². The summed E-state index contributed by atoms with van der Waals surface area (Å²) in [6.45, 7) is 2.22. The van der Waals surface area contributed by atoms with E-state index in [-0.39, 0.29) is 0 Å². The molecular formula is C19H19N5S. The van der Waals surface area contributed by atoms with Gasteiger partial charge < -0.3 is 4.90 Å². The molecule has 0 amide bonds. The average Bonchev–Trinajstić information content (AvgIpc) is 3.30. The van der Waals surface area contributed by atoms with E-state index in [0.29, 0.717) is 6.04 Å². The lowest BCUT2D eigenvalue weighted by Gasteiger charge is -2.25. The lowest BCUT2D eigenvalue weighted by Crippen LogP contribution is -2.31. The van der Waals surface area contributed by atoms with Gasteiger partial charge in [-0.2, -0.15) is 4.52 Å². The molecule has 126 valence electrons. The van der Waals surface area contributed by atoms with Crippen molar-refractivity contribution in [1.29, 1.82) is 0 Å². The summed E-state index contributed by atoms with van der Waals surface area (Å²) in [5.74, 6) is 1.67. The minimum Gasteiger partial charge on any atom is -0.355 e. The topological polar surface area (TPSA) is 46.3 Å². The second-order valence-electron chi connectivity index (χ2n) is 6.09. The maximum atomic E-state index is 4.78. The third-order valence-corrected chi connectivity index (χ3v) is 5.28. The van der Waals surface area contributed by atoms with Gasteiger partial charge in [0.25, 0.3) is 0 Å². The molecule has 0 N–H and O–H groups in total. The molecule has 5 nitrogen and oxygen atoms in total. The summed E-state index contributed by atoms with van der Waals surface area (Å²) in [4.78, 5) is 3.59. The molecule has 0 fully saturated rings. The highest BCUT2D eigenvalue weighted by molar-refractivity contribution is 7.09. The second-order valence-corrected chi connectivity index (χ2v) is 7.13. The van der Waals surface area contributed by atoms with E-state index in [1.54, 1.807) is 11.3 Å². The maximum absolute atomic E-state index is 4.78. The minimum atomic E-state index is 0.347. The van der Waals surface area contributed by atoms with Crippen molar-refractivity contribution in [2.24, 2.45) is 0 Å². The van der Waals surface area contributed by atoms with Crippen molar-refractivity contribution in [2.75, 3.05) is 11.9 Å². The maximum Gasteiger partial charge on any atom is 0.185 e. The molecule has 0 radical (unpaired) electrons. The molecule has 0 saturated carbocycles. The fourth-order valence-electron chi connectivity index (χ4n) is 2.82. The van der Waals surface area contributed by atoms with Gasteiger partial charge in [-0.05, 0) is 30.5 Å². The number of thiophene rings is 1. The highest BCUT2D eigenvalue weighted by Gasteiger charge is 2.15. The number of nitrogens with zero attached hydrogens (tertiary/aromatic N) is 5. The van der Waals surface area contributed by atoms with Crippen LogP contribution in [0.2, 0.25) is 0 Å². The Balaban J connectivity index is 1.66. The van der Waals surface area contributed by atoms with Crippen molar-refractivity contribution in [2.45, 2.75) is 19.4 Å². The first-order valence-corrected chi connectivity index (χ1v) is 9.13. The van der Waals surface area contributed by atoms with Crippen molar-refractivity contribution < 1.29 is 0 Å². The Kier molecular flexibility index (Phi) is 4.19. The van der Waals surface area contributed by atoms with Crippen LogP contribution in [0.25, 0.3) is 17.0 Å². The van der Waals surface area contributed by atoms with Crippen LogP contribution in [0.3, 0.4) is 0 Å². The third kappa shape index (κ3) is 3.13. The van der Waals surface area contributed by atoms with Gasteiger partial charge in [0.2, 0.25) is 0 Å². The van der Waals surface area contributed by atoms with Crippen molar-refractivity contribution in [3.63, 3.8) is 0 Å². The summed E-state index contributed by atoms with van der Waals surface area (Å²) >= 11 is 1.80. The van der Waals surface area contributed by atoms with E-state index in [9.17, 15) is 0 Å². The van der Waals surface area contributed by atoms with Gasteiger partial charge in [0.1, 0.15) is 5.82 Å². The Morgan fingerprint density at radius 3 is 2.64 bits per heavy atom. The van der Waals surface area contributed by atoms with Gasteiger partial charge in [0.05, 0.1) is 0 Å². The summed E-state index contributed by atoms with van der Waals surface area (Å²) in [5, 5.41) is 15.4. The number of hydrogen-bond acceptors (Lipinski definition) is 5. The van der Waals surface area contributed by atoms with Crippen LogP contribution in [-0.2, 0) is 6.42 Å². The standard InChI is InChI=1S/C19H19N5S/c1-14(13-16-9-6-12-25-16)23(2)18-11-10-17-20-21-19(24(17)22-18)15-7-4-3-5-8-15/h3-12,14H,13H2,1-2H3. The molecule has 3 aromatic heterocycles. The molecular weight excluding hydrogens is 330 g/mol. The predicted molar refractivity (Wildman–Crippen MR) is 102 cm³/mol. The zero-order chi connectivity index (χ0) is 17.2. The molecule has 0 aliphatic carbocycles. The van der Waals surface area contributed by atoms with Crippen molar-refractivity contribution in [1.82, 2.24) is 19.8 Å². The van der Waals surface area contributed by atoms with Crippen molar-refractivity contribution in [3.05, 3.63) is 64.9 Å². The molecule has 0 saturated heterocycles. The van der Waals surface area contributed by atoms with Gasteiger partial charge in [-0.1, -0.05) is 36.4 Å². The number of anilines is 1. The monoisotopic (exact) mass is 349 g/mol. The number of rotatable bonds is 5. The molecule has 1 unspecified atom stereocenters. The molecule has 4 rings (SSSR count). The lowest BCUT2D eigenvalue weighted by molar-refractivity contribution is 0.672. The summed E-state index contributed by atoms with van der Waals surface area (Å²) in [6, 6.07) is 18.6. The van der Waals surface area contributed by atoms with Crippen LogP contribution in [0, 0.1) is 0 Å². The van der Waals surface area contributed by atoms with Crippen LogP contribution in [-0.4, -0.2) is 32.9 Å². The molecule has 3 heterocycles. The first-order chi connectivity index (χ1) is 12.2. The molecule has 1 atom stereocenters. The first kappa shape index (κ1) is 15.8. The molecule has 0 spiro atoms. The summed E-state index contributed by atoms with van der Waals surface area (Å²) < 4.78 is 1.82. The van der Waals surface area contributed by atoms with Gasteiger partial charge in [0, 0.05) is 30.0 Å². The molecule has 0 bridgehead atoms. The van der Waals surface area contributed by atoms with Gasteiger partial charge in [-0.15, -0.1) is 26.6 Å². The fourth-order valence-corrected chi connectivity index (χ4v) is 3.64. The zero-order valence-corrected chi connectivity index (χ0v) is 15.0. The van der Waals surface area contributed by atoms with E-state index in [4.69, 9.17) is 5.10 Å². The van der Waals surface area contributed by atoms with E-state index >= 15 is 0 Å². The van der Waals surface area contributed by atoms with E-state index in [1.165, 1.54) is 4.88 Å². The third-order valence-electron chi connectivity index (χ3n) is 4.38. The Labute approximate surface area is 150 Å². The normalized spacial score (nSPS) is 12.4. The van der Waals surface area contributed by atoms with Crippen molar-refractivity contribution in [3.8, 4) is 11.4 Å². The van der Waals surface area contributed by atoms with Crippen LogP contribution >= 0.6 is 11.3 Å². The Hall–Kier alpha value is -2.73. The number of likely N-dealkylation sites (N-methyl/N-ethyl adjacent to an activating group) is 1. The summed E-state index contributed by atoms with van der Waals surface area (Å²) in [5.41, 5.74) is 1.76. The fraction of sp³-hybridized carbons (Fsp3) is 0.211. The van der Waals surface area contributed by atoms with Crippen molar-refractivity contribution >= 4 is 22.8 Å². The molecule has 4 aromatic rings. The molecule has 25 heavy (non-hydrogen) atoms. The highest BCUT2D eigenvalue weighted by Crippen LogP contribution is 2.21. The van der Waals surface area contributed by atoms with Crippen LogP contribution < -0.4 is 4.90 Å². The van der Waals surface area contributed by atoms with Gasteiger partial charge in [-0.3, -0.25) is 0 Å². The molecule has 0 aliphatic heterocycles. The van der Waals surface area contributed by atoms with Gasteiger partial charge in [-0.25, -0.2) is 0 Å².